The number of rotatable bonds is 3. The summed E-state index contributed by atoms with van der Waals surface area (Å²) in [4.78, 5) is 14.0. The Morgan fingerprint density at radius 1 is 1.37 bits per heavy atom. The normalized spacial score (nSPS) is 21.4. The fourth-order valence-corrected chi connectivity index (χ4v) is 2.08. The summed E-state index contributed by atoms with van der Waals surface area (Å²) in [5.74, 6) is 0. The number of amides is 1. The van der Waals surface area contributed by atoms with E-state index in [9.17, 15) is 4.79 Å². The molecule has 1 saturated heterocycles. The van der Waals surface area contributed by atoms with E-state index < -0.39 is 5.60 Å². The molecule has 1 aliphatic rings. The van der Waals surface area contributed by atoms with Gasteiger partial charge in [-0.25, -0.2) is 4.79 Å². The second-order valence-corrected chi connectivity index (χ2v) is 6.74. The van der Waals surface area contributed by atoms with Gasteiger partial charge in [0.05, 0.1) is 19.3 Å². The average Bonchev–Trinajstić information content (AvgIpc) is 2.27. The van der Waals surface area contributed by atoms with E-state index in [1.165, 1.54) is 0 Å². The van der Waals surface area contributed by atoms with Crippen molar-refractivity contribution in [3.05, 3.63) is 0 Å². The number of carbonyl (C=O) groups is 1. The first-order valence-corrected chi connectivity index (χ1v) is 6.91. The standard InChI is InChI=1S/C14H28N2O3/c1-13(2,3)19-12(17)16-7-8-18-10-11(16)9-14(4,5)15-6/h11,15H,7-10H2,1-6H3. The van der Waals surface area contributed by atoms with E-state index in [4.69, 9.17) is 9.47 Å². The molecule has 0 aromatic rings. The molecule has 0 aliphatic carbocycles. The molecule has 19 heavy (non-hydrogen) atoms. The smallest absolute Gasteiger partial charge is 0.410 e. The molecule has 1 aliphatic heterocycles. The highest BCUT2D eigenvalue weighted by molar-refractivity contribution is 5.68. The van der Waals surface area contributed by atoms with Crippen LogP contribution in [0.25, 0.3) is 0 Å². The number of morpholine rings is 1. The first-order valence-electron chi connectivity index (χ1n) is 6.91. The van der Waals surface area contributed by atoms with E-state index in [0.717, 1.165) is 6.42 Å². The van der Waals surface area contributed by atoms with Crippen LogP contribution < -0.4 is 5.32 Å². The van der Waals surface area contributed by atoms with Crippen LogP contribution in [-0.2, 0) is 9.47 Å². The van der Waals surface area contributed by atoms with Crippen molar-refractivity contribution < 1.29 is 14.3 Å². The van der Waals surface area contributed by atoms with Crippen molar-refractivity contribution in [2.45, 2.75) is 58.2 Å². The third-order valence-corrected chi connectivity index (χ3v) is 3.28. The second-order valence-electron chi connectivity index (χ2n) is 6.74. The Kier molecular flexibility index (Phi) is 5.21. The van der Waals surface area contributed by atoms with Crippen LogP contribution in [0.4, 0.5) is 4.79 Å². The van der Waals surface area contributed by atoms with Crippen molar-refractivity contribution in [1.82, 2.24) is 10.2 Å². The van der Waals surface area contributed by atoms with Crippen LogP contribution >= 0.6 is 0 Å². The van der Waals surface area contributed by atoms with Crippen molar-refractivity contribution in [2.24, 2.45) is 0 Å². The van der Waals surface area contributed by atoms with Gasteiger partial charge in [0.15, 0.2) is 0 Å². The van der Waals surface area contributed by atoms with E-state index in [2.05, 4.69) is 19.2 Å². The number of nitrogens with zero attached hydrogens (tertiary/aromatic N) is 1. The van der Waals surface area contributed by atoms with Crippen LogP contribution in [0, 0.1) is 0 Å². The first kappa shape index (κ1) is 16.2. The molecule has 0 aromatic heterocycles. The fraction of sp³-hybridized carbons (Fsp3) is 0.929. The number of hydrogen-bond acceptors (Lipinski definition) is 4. The van der Waals surface area contributed by atoms with Crippen LogP contribution in [0.5, 0.6) is 0 Å². The van der Waals surface area contributed by atoms with Crippen molar-refractivity contribution in [1.29, 1.82) is 0 Å². The quantitative estimate of drug-likeness (QED) is 0.854. The van der Waals surface area contributed by atoms with Crippen LogP contribution in [0.15, 0.2) is 0 Å². The Bertz CT molecular complexity index is 310. The fourth-order valence-electron chi connectivity index (χ4n) is 2.08. The molecule has 1 fully saturated rings. The summed E-state index contributed by atoms with van der Waals surface area (Å²) in [5.41, 5.74) is -0.496. The zero-order chi connectivity index (χ0) is 14.7. The Morgan fingerprint density at radius 2 is 2.00 bits per heavy atom. The molecule has 5 nitrogen and oxygen atoms in total. The maximum atomic E-state index is 12.2. The van der Waals surface area contributed by atoms with Gasteiger partial charge in [-0.3, -0.25) is 0 Å². The molecule has 0 aromatic carbocycles. The summed E-state index contributed by atoms with van der Waals surface area (Å²) in [6.07, 6.45) is 0.593. The van der Waals surface area contributed by atoms with Crippen molar-refractivity contribution in [3.8, 4) is 0 Å². The Morgan fingerprint density at radius 3 is 2.53 bits per heavy atom. The molecule has 5 heteroatoms. The Hall–Kier alpha value is -0.810. The largest absolute Gasteiger partial charge is 0.444 e. The Labute approximate surface area is 116 Å². The van der Waals surface area contributed by atoms with Crippen molar-refractivity contribution >= 4 is 6.09 Å². The molecule has 1 N–H and O–H groups in total. The van der Waals surface area contributed by atoms with E-state index in [0.29, 0.717) is 19.8 Å². The lowest BCUT2D eigenvalue weighted by atomic mass is 9.94. The molecule has 1 amide bonds. The maximum absolute atomic E-state index is 12.2. The predicted molar refractivity (Wildman–Crippen MR) is 75.3 cm³/mol. The van der Waals surface area contributed by atoms with Gasteiger partial charge in [0.25, 0.3) is 0 Å². The van der Waals surface area contributed by atoms with E-state index in [-0.39, 0.29) is 17.7 Å². The predicted octanol–water partition coefficient (Wildman–Crippen LogP) is 2.01. The second kappa shape index (κ2) is 6.09. The lowest BCUT2D eigenvalue weighted by molar-refractivity contribution is -0.0384. The number of carbonyl (C=O) groups excluding carboxylic acids is 1. The highest BCUT2D eigenvalue weighted by Crippen LogP contribution is 2.21. The van der Waals surface area contributed by atoms with Gasteiger partial charge in [-0.2, -0.15) is 0 Å². The van der Waals surface area contributed by atoms with Gasteiger partial charge in [0.1, 0.15) is 5.60 Å². The SMILES string of the molecule is CNC(C)(C)CC1COCCN1C(=O)OC(C)(C)C. The van der Waals surface area contributed by atoms with E-state index >= 15 is 0 Å². The number of ether oxygens (including phenoxy) is 2. The zero-order valence-corrected chi connectivity index (χ0v) is 13.1. The van der Waals surface area contributed by atoms with Gasteiger partial charge >= 0.3 is 6.09 Å². The minimum atomic E-state index is -0.460. The van der Waals surface area contributed by atoms with E-state index in [1.807, 2.05) is 27.8 Å². The summed E-state index contributed by atoms with van der Waals surface area (Å²) in [5, 5.41) is 3.26. The number of hydrogen-bond donors (Lipinski definition) is 1. The van der Waals surface area contributed by atoms with Crippen molar-refractivity contribution in [2.75, 3.05) is 26.8 Å². The summed E-state index contributed by atoms with van der Waals surface area (Å²) in [7, 11) is 1.93. The molecule has 0 bridgehead atoms. The summed E-state index contributed by atoms with van der Waals surface area (Å²) in [6.45, 7) is 11.6. The summed E-state index contributed by atoms with van der Waals surface area (Å²) < 4.78 is 11.0. The highest BCUT2D eigenvalue weighted by atomic mass is 16.6. The van der Waals surface area contributed by atoms with Crippen LogP contribution in [0.1, 0.15) is 41.0 Å². The van der Waals surface area contributed by atoms with Gasteiger partial charge in [0, 0.05) is 12.1 Å². The maximum Gasteiger partial charge on any atom is 0.410 e. The monoisotopic (exact) mass is 272 g/mol. The molecule has 0 saturated carbocycles. The van der Waals surface area contributed by atoms with Gasteiger partial charge in [-0.05, 0) is 48.1 Å². The van der Waals surface area contributed by atoms with Gasteiger partial charge in [-0.15, -0.1) is 0 Å². The minimum Gasteiger partial charge on any atom is -0.444 e. The molecular formula is C14H28N2O3. The van der Waals surface area contributed by atoms with Crippen LogP contribution in [0.2, 0.25) is 0 Å². The molecule has 0 spiro atoms. The minimum absolute atomic E-state index is 0.0361. The molecule has 0 radical (unpaired) electrons. The van der Waals surface area contributed by atoms with Crippen LogP contribution in [0.3, 0.4) is 0 Å². The first-order chi connectivity index (χ1) is 8.64. The van der Waals surface area contributed by atoms with Crippen LogP contribution in [-0.4, -0.2) is 55.0 Å². The summed E-state index contributed by atoms with van der Waals surface area (Å²) in [6, 6.07) is 0.0612. The highest BCUT2D eigenvalue weighted by Gasteiger charge is 2.34. The Balaban J connectivity index is 2.70. The lowest BCUT2D eigenvalue weighted by Crippen LogP contribution is -2.54. The molecule has 112 valence electrons. The topological polar surface area (TPSA) is 50.8 Å². The van der Waals surface area contributed by atoms with Gasteiger partial charge < -0.3 is 19.7 Å². The molecule has 1 heterocycles. The third kappa shape index (κ3) is 5.37. The molecular weight excluding hydrogens is 244 g/mol. The van der Waals surface area contributed by atoms with Gasteiger partial charge in [0.2, 0.25) is 0 Å². The molecule has 1 rings (SSSR count). The van der Waals surface area contributed by atoms with E-state index in [1.54, 1.807) is 4.90 Å². The molecule has 1 unspecified atom stereocenters. The lowest BCUT2D eigenvalue weighted by Gasteiger charge is -2.40. The number of nitrogens with one attached hydrogen (secondary N) is 1. The zero-order valence-electron chi connectivity index (χ0n) is 13.1. The third-order valence-electron chi connectivity index (χ3n) is 3.28. The average molecular weight is 272 g/mol. The van der Waals surface area contributed by atoms with Gasteiger partial charge in [-0.1, -0.05) is 0 Å². The summed E-state index contributed by atoms with van der Waals surface area (Å²) >= 11 is 0. The molecule has 1 atom stereocenters. The van der Waals surface area contributed by atoms with Crippen molar-refractivity contribution in [3.63, 3.8) is 0 Å².